The van der Waals surface area contributed by atoms with Gasteiger partial charge in [-0.2, -0.15) is 0 Å². The number of thioether (sulfide) groups is 1. The van der Waals surface area contributed by atoms with E-state index in [-0.39, 0.29) is 0 Å². The Bertz CT molecular complexity index is 627. The minimum atomic E-state index is 0.919. The lowest BCUT2D eigenvalue weighted by Crippen LogP contribution is -2.19. The molecule has 0 fully saturated rings. The highest BCUT2D eigenvalue weighted by Gasteiger charge is 2.19. The summed E-state index contributed by atoms with van der Waals surface area (Å²) in [5.41, 5.74) is 2.60. The molecule has 0 aliphatic carbocycles. The zero-order chi connectivity index (χ0) is 12.7. The van der Waals surface area contributed by atoms with Crippen molar-refractivity contribution >= 4 is 27.8 Å². The highest BCUT2D eigenvalue weighted by atomic mass is 32.2. The lowest BCUT2D eigenvalue weighted by Gasteiger charge is -2.12. The molecule has 0 saturated carbocycles. The number of likely N-dealkylation sites (N-methyl/N-ethyl adjacent to an activating group) is 1. The van der Waals surface area contributed by atoms with Crippen molar-refractivity contribution in [2.24, 2.45) is 12.0 Å². The van der Waals surface area contributed by atoms with Gasteiger partial charge in [-0.15, -0.1) is 0 Å². The molecule has 1 aliphatic heterocycles. The van der Waals surface area contributed by atoms with Crippen molar-refractivity contribution in [2.75, 3.05) is 20.1 Å². The second-order valence-electron chi connectivity index (χ2n) is 4.68. The summed E-state index contributed by atoms with van der Waals surface area (Å²) < 4.78 is 2.26. The van der Waals surface area contributed by atoms with Gasteiger partial charge in [0.25, 0.3) is 0 Å². The van der Waals surface area contributed by atoms with Crippen molar-refractivity contribution in [1.29, 1.82) is 0 Å². The van der Waals surface area contributed by atoms with E-state index in [0.29, 0.717) is 0 Å². The average molecular weight is 259 g/mol. The minimum Gasteiger partial charge on any atom is -0.352 e. The predicted molar refractivity (Wildman–Crippen MR) is 78.4 cm³/mol. The molecule has 1 aromatic heterocycles. The third-order valence-electron chi connectivity index (χ3n) is 3.54. The summed E-state index contributed by atoms with van der Waals surface area (Å²) in [6.07, 6.45) is 0. The molecule has 0 saturated heterocycles. The van der Waals surface area contributed by atoms with Crippen molar-refractivity contribution in [3.8, 4) is 0 Å². The number of para-hydroxylation sites is 1. The minimum absolute atomic E-state index is 0.919. The summed E-state index contributed by atoms with van der Waals surface area (Å²) in [6, 6.07) is 8.56. The van der Waals surface area contributed by atoms with Gasteiger partial charge in [0.1, 0.15) is 0 Å². The summed E-state index contributed by atoms with van der Waals surface area (Å²) in [5, 5.41) is 2.46. The first-order valence-electron chi connectivity index (χ1n) is 6.16. The van der Waals surface area contributed by atoms with Crippen LogP contribution in [-0.2, 0) is 7.05 Å². The molecule has 0 bridgehead atoms. The van der Waals surface area contributed by atoms with Gasteiger partial charge in [-0.3, -0.25) is 4.99 Å². The topological polar surface area (TPSA) is 20.5 Å². The molecule has 0 spiro atoms. The number of hydrogen-bond donors (Lipinski definition) is 0. The Hall–Kier alpha value is -1.42. The lowest BCUT2D eigenvalue weighted by atomic mass is 10.2. The summed E-state index contributed by atoms with van der Waals surface area (Å²) >= 11 is 1.79. The third kappa shape index (κ3) is 1.72. The quantitative estimate of drug-likeness (QED) is 0.785. The highest BCUT2D eigenvalue weighted by Crippen LogP contribution is 2.35. The van der Waals surface area contributed by atoms with Gasteiger partial charge < -0.3 is 9.47 Å². The fraction of sp³-hybridized carbons (Fsp3) is 0.357. The average Bonchev–Trinajstić information content (AvgIpc) is 2.88. The van der Waals surface area contributed by atoms with Crippen LogP contribution in [0.4, 0.5) is 0 Å². The van der Waals surface area contributed by atoms with Gasteiger partial charge >= 0.3 is 0 Å². The third-order valence-corrected chi connectivity index (χ3v) is 4.89. The second kappa shape index (κ2) is 4.35. The Morgan fingerprint density at radius 1 is 1.22 bits per heavy atom. The first-order valence-corrected chi connectivity index (χ1v) is 6.97. The molecule has 1 aromatic carbocycles. The van der Waals surface area contributed by atoms with Crippen molar-refractivity contribution in [3.05, 3.63) is 30.0 Å². The SMILES string of the molecule is Cc1c(SC2=NCCN2C)c2ccccc2n1C. The lowest BCUT2D eigenvalue weighted by molar-refractivity contribution is 0.564. The molecular formula is C14H17N3S. The van der Waals surface area contributed by atoms with Crippen LogP contribution >= 0.6 is 11.8 Å². The zero-order valence-electron chi connectivity index (χ0n) is 11.0. The predicted octanol–water partition coefficient (Wildman–Crippen LogP) is 2.88. The molecule has 4 heteroatoms. The molecule has 1 aliphatic rings. The van der Waals surface area contributed by atoms with Gasteiger partial charge in [0.15, 0.2) is 5.17 Å². The first-order chi connectivity index (χ1) is 8.68. The van der Waals surface area contributed by atoms with Crippen LogP contribution in [0.5, 0.6) is 0 Å². The van der Waals surface area contributed by atoms with E-state index in [1.807, 2.05) is 0 Å². The van der Waals surface area contributed by atoms with Gasteiger partial charge in [-0.1, -0.05) is 18.2 Å². The van der Waals surface area contributed by atoms with Crippen LogP contribution < -0.4 is 0 Å². The molecule has 3 rings (SSSR count). The molecule has 94 valence electrons. The highest BCUT2D eigenvalue weighted by molar-refractivity contribution is 8.14. The van der Waals surface area contributed by atoms with Crippen molar-refractivity contribution in [1.82, 2.24) is 9.47 Å². The number of nitrogens with zero attached hydrogens (tertiary/aromatic N) is 3. The van der Waals surface area contributed by atoms with Gasteiger partial charge in [0.05, 0.1) is 6.54 Å². The van der Waals surface area contributed by atoms with E-state index in [9.17, 15) is 0 Å². The molecule has 0 N–H and O–H groups in total. The van der Waals surface area contributed by atoms with Crippen LogP contribution in [-0.4, -0.2) is 34.8 Å². The van der Waals surface area contributed by atoms with E-state index >= 15 is 0 Å². The van der Waals surface area contributed by atoms with Gasteiger partial charge in [-0.25, -0.2) is 0 Å². The van der Waals surface area contributed by atoms with E-state index in [4.69, 9.17) is 0 Å². The molecular weight excluding hydrogens is 242 g/mol. The van der Waals surface area contributed by atoms with Gasteiger partial charge in [0.2, 0.25) is 0 Å². The van der Waals surface area contributed by atoms with Gasteiger partial charge in [-0.05, 0) is 24.8 Å². The zero-order valence-corrected chi connectivity index (χ0v) is 11.8. The standard InChI is InChI=1S/C14H17N3S/c1-10-13(18-14-15-8-9-16(14)2)11-6-4-5-7-12(11)17(10)3/h4-7H,8-9H2,1-3H3. The van der Waals surface area contributed by atoms with Gasteiger partial charge in [0, 0.05) is 42.1 Å². The molecule has 0 atom stereocenters. The number of aryl methyl sites for hydroxylation is 1. The number of rotatable bonds is 1. The molecule has 2 aromatic rings. The molecule has 18 heavy (non-hydrogen) atoms. The Kier molecular flexibility index (Phi) is 2.82. The number of aromatic nitrogens is 1. The number of amidine groups is 1. The van der Waals surface area contributed by atoms with Crippen LogP contribution in [0.15, 0.2) is 34.2 Å². The van der Waals surface area contributed by atoms with E-state index in [1.54, 1.807) is 11.8 Å². The Labute approximate surface area is 111 Å². The summed E-state index contributed by atoms with van der Waals surface area (Å²) in [7, 11) is 4.24. The number of aliphatic imine (C=N–C) groups is 1. The molecule has 0 radical (unpaired) electrons. The summed E-state index contributed by atoms with van der Waals surface area (Å²) in [5.74, 6) is 0. The molecule has 0 unspecified atom stereocenters. The smallest absolute Gasteiger partial charge is 0.164 e. The van der Waals surface area contributed by atoms with Crippen molar-refractivity contribution < 1.29 is 0 Å². The number of benzene rings is 1. The van der Waals surface area contributed by atoms with Crippen molar-refractivity contribution in [2.45, 2.75) is 11.8 Å². The summed E-state index contributed by atoms with van der Waals surface area (Å²) in [4.78, 5) is 8.13. The van der Waals surface area contributed by atoms with Crippen LogP contribution in [0.1, 0.15) is 5.69 Å². The van der Waals surface area contributed by atoms with Crippen LogP contribution in [0.25, 0.3) is 10.9 Å². The normalized spacial score (nSPS) is 15.5. The van der Waals surface area contributed by atoms with E-state index in [0.717, 1.165) is 18.3 Å². The van der Waals surface area contributed by atoms with E-state index in [2.05, 4.69) is 59.7 Å². The summed E-state index contributed by atoms with van der Waals surface area (Å²) in [6.45, 7) is 4.13. The first kappa shape index (κ1) is 11.7. The Morgan fingerprint density at radius 3 is 2.72 bits per heavy atom. The molecule has 0 amide bonds. The molecule has 2 heterocycles. The number of fused-ring (bicyclic) bond motifs is 1. The van der Waals surface area contributed by atoms with Crippen LogP contribution in [0.2, 0.25) is 0 Å². The fourth-order valence-electron chi connectivity index (χ4n) is 2.33. The van der Waals surface area contributed by atoms with E-state index in [1.165, 1.54) is 21.5 Å². The van der Waals surface area contributed by atoms with Crippen LogP contribution in [0.3, 0.4) is 0 Å². The van der Waals surface area contributed by atoms with E-state index < -0.39 is 0 Å². The maximum Gasteiger partial charge on any atom is 0.164 e. The Balaban J connectivity index is 2.09. The molecule has 3 nitrogen and oxygen atoms in total. The largest absolute Gasteiger partial charge is 0.352 e. The fourth-order valence-corrected chi connectivity index (χ4v) is 3.48. The monoisotopic (exact) mass is 259 g/mol. The number of hydrogen-bond acceptors (Lipinski definition) is 3. The second-order valence-corrected chi connectivity index (χ2v) is 5.66. The van der Waals surface area contributed by atoms with Crippen molar-refractivity contribution in [3.63, 3.8) is 0 Å². The maximum atomic E-state index is 4.57. The maximum absolute atomic E-state index is 4.57. The van der Waals surface area contributed by atoms with Crippen LogP contribution in [0, 0.1) is 6.92 Å². The Morgan fingerprint density at radius 2 is 2.00 bits per heavy atom.